The van der Waals surface area contributed by atoms with E-state index in [1.807, 2.05) is 13.8 Å². The van der Waals surface area contributed by atoms with Gasteiger partial charge in [-0.25, -0.2) is 4.79 Å². The Morgan fingerprint density at radius 2 is 1.89 bits per heavy atom. The number of ether oxygens (including phenoxy) is 3. The van der Waals surface area contributed by atoms with Crippen molar-refractivity contribution in [2.45, 2.75) is 66.2 Å². The van der Waals surface area contributed by atoms with E-state index in [4.69, 9.17) is 14.2 Å². The van der Waals surface area contributed by atoms with Crippen molar-refractivity contribution in [2.24, 2.45) is 5.92 Å². The number of rotatable bonds is 10. The van der Waals surface area contributed by atoms with E-state index in [-0.39, 0.29) is 48.0 Å². The molecule has 0 saturated heterocycles. The second-order valence-electron chi connectivity index (χ2n) is 8.93. The number of methoxy groups -OCH3 is 1. The number of hydrogen-bond acceptors (Lipinski definition) is 6. The number of anilines is 1. The molecular weight excluding hydrogens is 467 g/mol. The van der Waals surface area contributed by atoms with Crippen LogP contribution >= 0.6 is 0 Å². The Labute approximate surface area is 203 Å². The molecular formula is C25H32F3NO6. The molecule has 35 heavy (non-hydrogen) atoms. The lowest BCUT2D eigenvalue weighted by molar-refractivity contribution is -0.170. The SMILES string of the molecule is COc1c(C)c2c(c(N(C)C(=O)C(F)(F)F)c1C/C=C(\C)CCC(=O)OCCC(C)C)C(=O)OC2. The van der Waals surface area contributed by atoms with Gasteiger partial charge in [0.05, 0.1) is 25.0 Å². The number of alkyl halides is 3. The van der Waals surface area contributed by atoms with E-state index in [2.05, 4.69) is 0 Å². The first-order chi connectivity index (χ1) is 16.3. The van der Waals surface area contributed by atoms with Gasteiger partial charge in [-0.15, -0.1) is 0 Å². The summed E-state index contributed by atoms with van der Waals surface area (Å²) >= 11 is 0. The zero-order valence-corrected chi connectivity index (χ0v) is 20.9. The summed E-state index contributed by atoms with van der Waals surface area (Å²) in [5.41, 5.74) is 1.73. The van der Waals surface area contributed by atoms with Gasteiger partial charge in [0.2, 0.25) is 0 Å². The molecule has 0 unspecified atom stereocenters. The summed E-state index contributed by atoms with van der Waals surface area (Å²) in [6.07, 6.45) is -2.01. The first-order valence-electron chi connectivity index (χ1n) is 11.3. The van der Waals surface area contributed by atoms with Crippen molar-refractivity contribution in [3.63, 3.8) is 0 Å². The van der Waals surface area contributed by atoms with Gasteiger partial charge in [0.15, 0.2) is 0 Å². The lowest BCUT2D eigenvalue weighted by atomic mass is 9.92. The lowest BCUT2D eigenvalue weighted by Gasteiger charge is -2.26. The lowest BCUT2D eigenvalue weighted by Crippen LogP contribution is -2.39. The van der Waals surface area contributed by atoms with Crippen LogP contribution in [0.2, 0.25) is 0 Å². The topological polar surface area (TPSA) is 82.1 Å². The van der Waals surface area contributed by atoms with E-state index >= 15 is 0 Å². The number of carbonyl (C=O) groups is 3. The maximum atomic E-state index is 13.3. The van der Waals surface area contributed by atoms with Gasteiger partial charge in [-0.1, -0.05) is 25.5 Å². The molecule has 1 aliphatic rings. The van der Waals surface area contributed by atoms with Gasteiger partial charge in [0, 0.05) is 24.6 Å². The summed E-state index contributed by atoms with van der Waals surface area (Å²) < 4.78 is 55.5. The van der Waals surface area contributed by atoms with Crippen molar-refractivity contribution in [3.05, 3.63) is 33.9 Å². The molecule has 0 aromatic heterocycles. The molecule has 1 amide bonds. The molecule has 0 N–H and O–H groups in total. The Balaban J connectivity index is 2.38. The Morgan fingerprint density at radius 1 is 1.23 bits per heavy atom. The maximum Gasteiger partial charge on any atom is 0.471 e. The number of cyclic esters (lactones) is 1. The first-order valence-corrected chi connectivity index (χ1v) is 11.3. The van der Waals surface area contributed by atoms with Crippen LogP contribution in [0.25, 0.3) is 0 Å². The van der Waals surface area contributed by atoms with Gasteiger partial charge in [-0.3, -0.25) is 9.59 Å². The normalized spacial score (nSPS) is 13.5. The van der Waals surface area contributed by atoms with Gasteiger partial charge in [0.25, 0.3) is 0 Å². The molecule has 0 atom stereocenters. The highest BCUT2D eigenvalue weighted by Gasteiger charge is 2.44. The number of esters is 2. The zero-order valence-electron chi connectivity index (χ0n) is 20.9. The fourth-order valence-electron chi connectivity index (χ4n) is 3.85. The van der Waals surface area contributed by atoms with Gasteiger partial charge in [-0.2, -0.15) is 13.2 Å². The number of allylic oxidation sites excluding steroid dienone is 2. The third-order valence-corrected chi connectivity index (χ3v) is 5.87. The van der Waals surface area contributed by atoms with Crippen LogP contribution in [0.4, 0.5) is 18.9 Å². The summed E-state index contributed by atoms with van der Waals surface area (Å²) in [5.74, 6) is -2.55. The molecule has 194 valence electrons. The molecule has 1 aliphatic heterocycles. The van der Waals surface area contributed by atoms with Gasteiger partial charge >= 0.3 is 24.0 Å². The highest BCUT2D eigenvalue weighted by Crippen LogP contribution is 2.43. The highest BCUT2D eigenvalue weighted by atomic mass is 19.4. The summed E-state index contributed by atoms with van der Waals surface area (Å²) in [4.78, 5) is 36.9. The number of halogens is 3. The molecule has 7 nitrogen and oxygen atoms in total. The molecule has 10 heteroatoms. The van der Waals surface area contributed by atoms with Crippen molar-refractivity contribution < 1.29 is 41.8 Å². The first kappa shape index (κ1) is 28.2. The molecule has 0 bridgehead atoms. The summed E-state index contributed by atoms with van der Waals surface area (Å²) in [6.45, 7) is 7.76. The third kappa shape index (κ3) is 6.76. The molecule has 0 fully saturated rings. The van der Waals surface area contributed by atoms with Crippen LogP contribution in [0.3, 0.4) is 0 Å². The fourth-order valence-corrected chi connectivity index (χ4v) is 3.85. The van der Waals surface area contributed by atoms with Crippen LogP contribution in [0.15, 0.2) is 11.6 Å². The second-order valence-corrected chi connectivity index (χ2v) is 8.93. The maximum absolute atomic E-state index is 13.3. The quantitative estimate of drug-likeness (QED) is 0.331. The number of nitrogens with zero attached hydrogens (tertiary/aromatic N) is 1. The van der Waals surface area contributed by atoms with Crippen molar-refractivity contribution in [2.75, 3.05) is 25.7 Å². The number of hydrogen-bond donors (Lipinski definition) is 0. The fraction of sp³-hybridized carbons (Fsp3) is 0.560. The van der Waals surface area contributed by atoms with Crippen LogP contribution in [0.1, 0.15) is 67.1 Å². The minimum absolute atomic E-state index is 0.0711. The standard InChI is InChI=1S/C25H32F3NO6/c1-14(2)11-12-34-19(30)10-8-15(3)7-9-17-21(29(5)24(32)25(26,27)28)20-18(13-35-23(20)31)16(4)22(17)33-6/h7,14H,8-13H2,1-6H3/b15-7+. The van der Waals surface area contributed by atoms with E-state index in [1.54, 1.807) is 19.9 Å². The minimum Gasteiger partial charge on any atom is -0.496 e. The number of fused-ring (bicyclic) bond motifs is 1. The molecule has 2 rings (SSSR count). The van der Waals surface area contributed by atoms with Crippen molar-refractivity contribution in [1.29, 1.82) is 0 Å². The van der Waals surface area contributed by atoms with E-state index in [1.165, 1.54) is 7.11 Å². The molecule has 0 saturated carbocycles. The molecule has 0 spiro atoms. The van der Waals surface area contributed by atoms with Crippen LogP contribution in [0.5, 0.6) is 5.75 Å². The van der Waals surface area contributed by atoms with Crippen LogP contribution < -0.4 is 9.64 Å². The average molecular weight is 500 g/mol. The van der Waals surface area contributed by atoms with E-state index < -0.39 is 18.1 Å². The third-order valence-electron chi connectivity index (χ3n) is 5.87. The van der Waals surface area contributed by atoms with E-state index in [0.717, 1.165) is 19.0 Å². The zero-order chi connectivity index (χ0) is 26.5. The van der Waals surface area contributed by atoms with Gasteiger partial charge in [-0.05, 0) is 44.6 Å². The Morgan fingerprint density at radius 3 is 2.46 bits per heavy atom. The van der Waals surface area contributed by atoms with Gasteiger partial charge in [0.1, 0.15) is 12.4 Å². The largest absolute Gasteiger partial charge is 0.496 e. The van der Waals surface area contributed by atoms with Crippen molar-refractivity contribution >= 4 is 23.5 Å². The Bertz CT molecular complexity index is 1010. The van der Waals surface area contributed by atoms with Crippen LogP contribution in [-0.4, -0.2) is 44.8 Å². The molecule has 1 heterocycles. The number of carbonyl (C=O) groups excluding carboxylic acids is 3. The predicted molar refractivity (Wildman–Crippen MR) is 123 cm³/mol. The summed E-state index contributed by atoms with van der Waals surface area (Å²) in [5, 5.41) is 0. The average Bonchev–Trinajstić information content (AvgIpc) is 3.16. The van der Waals surface area contributed by atoms with Crippen molar-refractivity contribution in [1.82, 2.24) is 0 Å². The number of amides is 1. The van der Waals surface area contributed by atoms with E-state index in [0.29, 0.717) is 35.0 Å². The predicted octanol–water partition coefficient (Wildman–Crippen LogP) is 5.06. The van der Waals surface area contributed by atoms with Crippen LogP contribution in [0, 0.1) is 12.8 Å². The minimum atomic E-state index is -5.14. The second kappa shape index (κ2) is 11.6. The molecule has 0 aliphatic carbocycles. The highest BCUT2D eigenvalue weighted by molar-refractivity contribution is 6.07. The Kier molecular flexibility index (Phi) is 9.34. The number of benzene rings is 1. The monoisotopic (exact) mass is 499 g/mol. The molecule has 1 aromatic carbocycles. The summed E-state index contributed by atoms with van der Waals surface area (Å²) in [7, 11) is 2.34. The van der Waals surface area contributed by atoms with Crippen LogP contribution in [-0.2, 0) is 32.1 Å². The molecule has 0 radical (unpaired) electrons. The Hall–Kier alpha value is -3.04. The molecule has 1 aromatic rings. The van der Waals surface area contributed by atoms with Gasteiger partial charge < -0.3 is 19.1 Å². The van der Waals surface area contributed by atoms with E-state index in [9.17, 15) is 27.6 Å². The van der Waals surface area contributed by atoms with Crippen molar-refractivity contribution in [3.8, 4) is 5.75 Å². The summed E-state index contributed by atoms with van der Waals surface area (Å²) in [6, 6.07) is 0. The smallest absolute Gasteiger partial charge is 0.471 e.